The predicted octanol–water partition coefficient (Wildman–Crippen LogP) is 2.96. The number of benzene rings is 1. The molecule has 1 aliphatic carbocycles. The Morgan fingerprint density at radius 2 is 2.13 bits per heavy atom. The van der Waals surface area contributed by atoms with Gasteiger partial charge in [-0.2, -0.15) is 0 Å². The molecule has 1 fully saturated rings. The van der Waals surface area contributed by atoms with Crippen LogP contribution >= 0.6 is 0 Å². The zero-order chi connectivity index (χ0) is 11.2. The Morgan fingerprint density at radius 1 is 1.47 bits per heavy atom. The highest BCUT2D eigenvalue weighted by Crippen LogP contribution is 2.53. The van der Waals surface area contributed by atoms with E-state index in [0.29, 0.717) is 17.4 Å². The van der Waals surface area contributed by atoms with Crippen molar-refractivity contribution in [2.24, 2.45) is 17.6 Å². The smallest absolute Gasteiger partial charge is 0.126 e. The molecule has 15 heavy (non-hydrogen) atoms. The van der Waals surface area contributed by atoms with Crippen molar-refractivity contribution < 1.29 is 4.39 Å². The van der Waals surface area contributed by atoms with Crippen LogP contribution in [0.5, 0.6) is 0 Å². The van der Waals surface area contributed by atoms with Crippen molar-refractivity contribution in [2.45, 2.75) is 32.7 Å². The van der Waals surface area contributed by atoms with Gasteiger partial charge in [-0.05, 0) is 42.4 Å². The van der Waals surface area contributed by atoms with E-state index in [1.54, 1.807) is 6.92 Å². The number of halogens is 1. The first-order valence-electron chi connectivity index (χ1n) is 5.50. The third-order valence-electron chi connectivity index (χ3n) is 3.56. The van der Waals surface area contributed by atoms with E-state index in [1.165, 1.54) is 6.07 Å². The maximum absolute atomic E-state index is 13.1. The van der Waals surface area contributed by atoms with Crippen molar-refractivity contribution >= 4 is 0 Å². The summed E-state index contributed by atoms with van der Waals surface area (Å²) in [5.74, 6) is 0.992. The summed E-state index contributed by atoms with van der Waals surface area (Å²) in [5, 5.41) is 0. The maximum atomic E-state index is 13.1. The van der Waals surface area contributed by atoms with Gasteiger partial charge in [0.2, 0.25) is 0 Å². The molecule has 82 valence electrons. The van der Waals surface area contributed by atoms with Crippen LogP contribution in [-0.2, 0) is 5.54 Å². The van der Waals surface area contributed by atoms with Gasteiger partial charge in [0.1, 0.15) is 5.82 Å². The number of hydrogen-bond donors (Lipinski definition) is 1. The van der Waals surface area contributed by atoms with E-state index in [9.17, 15) is 4.39 Å². The highest BCUT2D eigenvalue weighted by molar-refractivity contribution is 5.35. The molecule has 2 N–H and O–H groups in total. The van der Waals surface area contributed by atoms with Crippen LogP contribution in [-0.4, -0.2) is 0 Å². The number of nitrogens with two attached hydrogens (primary N) is 1. The van der Waals surface area contributed by atoms with Crippen LogP contribution in [0.2, 0.25) is 0 Å². The van der Waals surface area contributed by atoms with Gasteiger partial charge in [-0.25, -0.2) is 4.39 Å². The zero-order valence-corrected chi connectivity index (χ0v) is 9.55. The number of hydrogen-bond acceptors (Lipinski definition) is 1. The Kier molecular flexibility index (Phi) is 2.34. The average Bonchev–Trinajstić information content (AvgIpc) is 2.84. The van der Waals surface area contributed by atoms with Gasteiger partial charge in [-0.15, -0.1) is 0 Å². The fourth-order valence-electron chi connectivity index (χ4n) is 2.40. The second-order valence-electron chi connectivity index (χ2n) is 5.06. The van der Waals surface area contributed by atoms with Gasteiger partial charge >= 0.3 is 0 Å². The Morgan fingerprint density at radius 3 is 2.60 bits per heavy atom. The number of rotatable bonds is 2. The van der Waals surface area contributed by atoms with E-state index in [2.05, 4.69) is 13.8 Å². The summed E-state index contributed by atoms with van der Waals surface area (Å²) in [6, 6.07) is 5.23. The molecule has 0 aromatic heterocycles. The Labute approximate surface area is 90.5 Å². The van der Waals surface area contributed by atoms with Crippen LogP contribution in [0, 0.1) is 24.6 Å². The molecule has 1 aliphatic rings. The van der Waals surface area contributed by atoms with Crippen molar-refractivity contribution in [1.29, 1.82) is 0 Å². The summed E-state index contributed by atoms with van der Waals surface area (Å²) in [6.45, 7) is 6.17. The molecular formula is C13H18FN. The number of aryl methyl sites for hydroxylation is 1. The second kappa shape index (κ2) is 3.31. The molecule has 0 heterocycles. The third kappa shape index (κ3) is 1.67. The molecular weight excluding hydrogens is 189 g/mol. The first-order chi connectivity index (χ1) is 6.95. The molecule has 0 spiro atoms. The molecule has 2 heteroatoms. The summed E-state index contributed by atoms with van der Waals surface area (Å²) in [7, 11) is 0. The molecule has 2 unspecified atom stereocenters. The van der Waals surface area contributed by atoms with Crippen molar-refractivity contribution in [3.63, 3.8) is 0 Å². The van der Waals surface area contributed by atoms with E-state index in [1.807, 2.05) is 12.1 Å². The van der Waals surface area contributed by atoms with Crippen LogP contribution in [0.4, 0.5) is 4.39 Å². The molecule has 0 radical (unpaired) electrons. The fraction of sp³-hybridized carbons (Fsp3) is 0.538. The first kappa shape index (κ1) is 10.6. The molecule has 0 aliphatic heterocycles. The van der Waals surface area contributed by atoms with Gasteiger partial charge < -0.3 is 5.73 Å². The Balaban J connectivity index is 2.28. The van der Waals surface area contributed by atoms with E-state index in [4.69, 9.17) is 5.73 Å². The van der Waals surface area contributed by atoms with Gasteiger partial charge in [0.25, 0.3) is 0 Å². The van der Waals surface area contributed by atoms with Crippen molar-refractivity contribution in [2.75, 3.05) is 0 Å². The van der Waals surface area contributed by atoms with E-state index in [-0.39, 0.29) is 11.4 Å². The Bertz CT molecular complexity index is 386. The van der Waals surface area contributed by atoms with Gasteiger partial charge in [-0.3, -0.25) is 0 Å². The molecule has 0 saturated heterocycles. The average molecular weight is 207 g/mol. The molecule has 0 amide bonds. The molecule has 1 aromatic carbocycles. The maximum Gasteiger partial charge on any atom is 0.126 e. The summed E-state index contributed by atoms with van der Waals surface area (Å²) in [5.41, 5.74) is 7.88. The fourth-order valence-corrected chi connectivity index (χ4v) is 2.40. The van der Waals surface area contributed by atoms with Crippen LogP contribution in [0.15, 0.2) is 18.2 Å². The quantitative estimate of drug-likeness (QED) is 0.792. The highest BCUT2D eigenvalue weighted by Gasteiger charge is 2.53. The van der Waals surface area contributed by atoms with Gasteiger partial charge in [0, 0.05) is 5.54 Å². The monoisotopic (exact) mass is 207 g/mol. The van der Waals surface area contributed by atoms with Crippen LogP contribution in [0.3, 0.4) is 0 Å². The largest absolute Gasteiger partial charge is 0.321 e. The normalized spacial score (nSPS) is 29.6. The van der Waals surface area contributed by atoms with Crippen molar-refractivity contribution in [3.05, 3.63) is 35.1 Å². The SMILES string of the molecule is Cc1cc(C2(N)CC2C(C)C)ccc1F. The predicted molar refractivity (Wildman–Crippen MR) is 59.9 cm³/mol. The topological polar surface area (TPSA) is 26.0 Å². The first-order valence-corrected chi connectivity index (χ1v) is 5.50. The standard InChI is InChI=1S/C13H18FN/c1-8(2)11-7-13(11,15)10-4-5-12(14)9(3)6-10/h4-6,8,11H,7,15H2,1-3H3. The summed E-state index contributed by atoms with van der Waals surface area (Å²) in [4.78, 5) is 0. The van der Waals surface area contributed by atoms with E-state index in [0.717, 1.165) is 12.0 Å². The van der Waals surface area contributed by atoms with E-state index >= 15 is 0 Å². The zero-order valence-electron chi connectivity index (χ0n) is 9.55. The van der Waals surface area contributed by atoms with Gasteiger partial charge in [0.15, 0.2) is 0 Å². The molecule has 2 atom stereocenters. The molecule has 1 nitrogen and oxygen atoms in total. The summed E-state index contributed by atoms with van der Waals surface area (Å²) < 4.78 is 13.1. The van der Waals surface area contributed by atoms with Gasteiger partial charge in [-0.1, -0.05) is 26.0 Å². The summed E-state index contributed by atoms with van der Waals surface area (Å²) >= 11 is 0. The lowest BCUT2D eigenvalue weighted by molar-refractivity contribution is 0.487. The lowest BCUT2D eigenvalue weighted by atomic mass is 9.96. The second-order valence-corrected chi connectivity index (χ2v) is 5.06. The minimum atomic E-state index is -0.202. The third-order valence-corrected chi connectivity index (χ3v) is 3.56. The summed E-state index contributed by atoms with van der Waals surface area (Å²) in [6.07, 6.45) is 1.02. The minimum Gasteiger partial charge on any atom is -0.321 e. The lowest BCUT2D eigenvalue weighted by Gasteiger charge is -2.15. The highest BCUT2D eigenvalue weighted by atomic mass is 19.1. The Hall–Kier alpha value is -0.890. The van der Waals surface area contributed by atoms with Gasteiger partial charge in [0.05, 0.1) is 0 Å². The van der Waals surface area contributed by atoms with Crippen LogP contribution in [0.25, 0.3) is 0 Å². The molecule has 1 aromatic rings. The molecule has 1 saturated carbocycles. The van der Waals surface area contributed by atoms with Crippen LogP contribution < -0.4 is 5.73 Å². The molecule has 2 rings (SSSR count). The van der Waals surface area contributed by atoms with Crippen LogP contribution in [0.1, 0.15) is 31.4 Å². The van der Waals surface area contributed by atoms with Crippen molar-refractivity contribution in [1.82, 2.24) is 0 Å². The lowest BCUT2D eigenvalue weighted by Crippen LogP contribution is -2.24. The van der Waals surface area contributed by atoms with Crippen molar-refractivity contribution in [3.8, 4) is 0 Å². The minimum absolute atomic E-state index is 0.149. The molecule has 0 bridgehead atoms. The van der Waals surface area contributed by atoms with E-state index < -0.39 is 0 Å².